The van der Waals surface area contributed by atoms with Gasteiger partial charge >= 0.3 is 5.97 Å². The molecule has 0 aromatic heterocycles. The summed E-state index contributed by atoms with van der Waals surface area (Å²) in [6, 6.07) is 0. The molecule has 0 bridgehead atoms. The third-order valence-corrected chi connectivity index (χ3v) is 7.03. The highest BCUT2D eigenvalue weighted by Gasteiger charge is 1.96. The first-order valence-corrected chi connectivity index (χ1v) is 17.0. The first-order chi connectivity index (χ1) is 19.5. The van der Waals surface area contributed by atoms with Crippen LogP contribution in [-0.4, -0.2) is 17.0 Å². The summed E-state index contributed by atoms with van der Waals surface area (Å²) in [5.74, 6) is -0.835. The topological polar surface area (TPSA) is 80.4 Å². The van der Waals surface area contributed by atoms with Gasteiger partial charge in [0.1, 0.15) is 0 Å². The molecule has 4 heteroatoms. The quantitative estimate of drug-likeness (QED) is 0.0704. The molecule has 0 aliphatic rings. The van der Waals surface area contributed by atoms with Crippen molar-refractivity contribution in [2.75, 3.05) is 0 Å². The molecule has 0 radical (unpaired) electrons. The molecule has 0 unspecified atom stereocenters. The third-order valence-electron chi connectivity index (χ3n) is 7.03. The van der Waals surface area contributed by atoms with Crippen LogP contribution in [0.1, 0.15) is 181 Å². The van der Waals surface area contributed by atoms with E-state index >= 15 is 0 Å². The number of carbonyl (C=O) groups excluding carboxylic acids is 1. The number of hydrogen-bond acceptors (Lipinski definition) is 2. The van der Waals surface area contributed by atoms with E-state index < -0.39 is 5.97 Å². The number of carboxylic acid groups (broad SMARTS) is 1. The highest BCUT2D eigenvalue weighted by molar-refractivity contribution is 5.73. The van der Waals surface area contributed by atoms with Gasteiger partial charge in [-0.25, -0.2) is 0 Å². The predicted molar refractivity (Wildman–Crippen MR) is 176 cm³/mol. The van der Waals surface area contributed by atoms with Crippen molar-refractivity contribution in [3.8, 4) is 0 Å². The molecule has 0 rings (SSSR count). The molecule has 234 valence electrons. The number of carboxylic acids is 1. The number of allylic oxidation sites excluding steroid dienone is 6. The standard InChI is InChI=1S/C18H35NO.C18H32O2/c2*1-2-3-4-5-6-7-8-9-10-11-12-13-14-15-16-17-18(19)20/h9-10H,2-8,11-17H2,1H3,(H2,19,20);6-7,9-10H,2-5,8,11-17H2,1H3,(H,19,20)/b10-9-;7-6-,10-9-. The predicted octanol–water partition coefficient (Wildman–Crippen LogP) is 11.4. The lowest BCUT2D eigenvalue weighted by atomic mass is 10.1. The van der Waals surface area contributed by atoms with Crippen molar-refractivity contribution in [3.05, 3.63) is 36.5 Å². The average molecular weight is 562 g/mol. The Bertz CT molecular complexity index is 609. The number of amides is 1. The van der Waals surface area contributed by atoms with Crippen LogP contribution in [0.25, 0.3) is 0 Å². The number of carbonyl (C=O) groups is 2. The molecule has 1 amide bonds. The van der Waals surface area contributed by atoms with Gasteiger partial charge in [-0.1, -0.05) is 134 Å². The minimum Gasteiger partial charge on any atom is -0.481 e. The van der Waals surface area contributed by atoms with Crippen LogP contribution in [0.5, 0.6) is 0 Å². The van der Waals surface area contributed by atoms with Gasteiger partial charge in [-0.3, -0.25) is 9.59 Å². The SMILES string of the molecule is CCCCC/C=C\C/C=C\CCCCCCCC(=O)O.CCCCCCCC/C=C\CCCCCCCC(N)=O. The zero-order valence-electron chi connectivity index (χ0n) is 26.7. The molecular formula is C36H67NO3. The monoisotopic (exact) mass is 562 g/mol. The number of hydrogen-bond donors (Lipinski definition) is 2. The van der Waals surface area contributed by atoms with Crippen molar-refractivity contribution < 1.29 is 14.7 Å². The summed E-state index contributed by atoms with van der Waals surface area (Å²) in [6.07, 6.45) is 44.2. The van der Waals surface area contributed by atoms with Gasteiger partial charge in [0.15, 0.2) is 0 Å². The van der Waals surface area contributed by atoms with E-state index in [0.717, 1.165) is 38.5 Å². The van der Waals surface area contributed by atoms with Crippen LogP contribution < -0.4 is 5.73 Å². The van der Waals surface area contributed by atoms with Crippen LogP contribution in [0, 0.1) is 0 Å². The van der Waals surface area contributed by atoms with E-state index in [-0.39, 0.29) is 5.91 Å². The maximum absolute atomic E-state index is 10.5. The van der Waals surface area contributed by atoms with Crippen LogP contribution in [0.15, 0.2) is 36.5 Å². The summed E-state index contributed by atoms with van der Waals surface area (Å²) in [5.41, 5.74) is 5.10. The Balaban J connectivity index is 0. The first kappa shape index (κ1) is 40.3. The Labute approximate surface area is 249 Å². The Morgan fingerprint density at radius 2 is 0.800 bits per heavy atom. The van der Waals surface area contributed by atoms with E-state index in [1.807, 2.05) is 0 Å². The molecule has 0 saturated carbocycles. The molecule has 0 atom stereocenters. The van der Waals surface area contributed by atoms with E-state index in [2.05, 4.69) is 50.3 Å². The molecule has 0 aliphatic carbocycles. The van der Waals surface area contributed by atoms with Gasteiger partial charge in [0.25, 0.3) is 0 Å². The Hall–Kier alpha value is -1.84. The summed E-state index contributed by atoms with van der Waals surface area (Å²) < 4.78 is 0. The highest BCUT2D eigenvalue weighted by atomic mass is 16.4. The summed E-state index contributed by atoms with van der Waals surface area (Å²) in [5, 5.41) is 8.50. The minimum atomic E-state index is -0.671. The van der Waals surface area contributed by atoms with E-state index in [0.29, 0.717) is 12.8 Å². The van der Waals surface area contributed by atoms with Crippen molar-refractivity contribution in [2.45, 2.75) is 181 Å². The van der Waals surface area contributed by atoms with E-state index in [1.165, 1.54) is 116 Å². The first-order valence-electron chi connectivity index (χ1n) is 17.0. The van der Waals surface area contributed by atoms with Crippen molar-refractivity contribution in [1.82, 2.24) is 0 Å². The van der Waals surface area contributed by atoms with E-state index in [1.54, 1.807) is 0 Å². The van der Waals surface area contributed by atoms with Gasteiger partial charge in [-0.2, -0.15) is 0 Å². The Kier molecular flexibility index (Phi) is 37.4. The molecule has 0 heterocycles. The van der Waals surface area contributed by atoms with E-state index in [9.17, 15) is 9.59 Å². The maximum Gasteiger partial charge on any atom is 0.303 e. The van der Waals surface area contributed by atoms with Crippen molar-refractivity contribution in [1.29, 1.82) is 0 Å². The molecular weight excluding hydrogens is 494 g/mol. The van der Waals surface area contributed by atoms with Gasteiger partial charge in [-0.05, 0) is 70.6 Å². The van der Waals surface area contributed by atoms with Crippen LogP contribution in [0.4, 0.5) is 0 Å². The zero-order valence-corrected chi connectivity index (χ0v) is 26.7. The lowest BCUT2D eigenvalue weighted by Gasteiger charge is -1.99. The molecule has 0 aliphatic heterocycles. The minimum absolute atomic E-state index is 0.164. The third kappa shape index (κ3) is 43.2. The smallest absolute Gasteiger partial charge is 0.303 e. The van der Waals surface area contributed by atoms with Crippen LogP contribution in [0.3, 0.4) is 0 Å². The maximum atomic E-state index is 10.5. The summed E-state index contributed by atoms with van der Waals surface area (Å²) in [7, 11) is 0. The molecule has 40 heavy (non-hydrogen) atoms. The molecule has 0 aromatic carbocycles. The molecule has 0 spiro atoms. The number of primary amides is 1. The second kappa shape index (κ2) is 37.2. The second-order valence-corrected chi connectivity index (χ2v) is 11.2. The van der Waals surface area contributed by atoms with Crippen LogP contribution in [0.2, 0.25) is 0 Å². The second-order valence-electron chi connectivity index (χ2n) is 11.2. The number of aliphatic carboxylic acids is 1. The van der Waals surface area contributed by atoms with Gasteiger partial charge in [-0.15, -0.1) is 0 Å². The lowest BCUT2D eigenvalue weighted by molar-refractivity contribution is -0.137. The summed E-state index contributed by atoms with van der Waals surface area (Å²) >= 11 is 0. The molecule has 0 saturated heterocycles. The highest BCUT2D eigenvalue weighted by Crippen LogP contribution is 2.10. The van der Waals surface area contributed by atoms with Crippen LogP contribution >= 0.6 is 0 Å². The Morgan fingerprint density at radius 3 is 1.23 bits per heavy atom. The largest absolute Gasteiger partial charge is 0.481 e. The normalized spacial score (nSPS) is 11.4. The van der Waals surface area contributed by atoms with Crippen LogP contribution in [-0.2, 0) is 9.59 Å². The summed E-state index contributed by atoms with van der Waals surface area (Å²) in [4.78, 5) is 20.9. The molecule has 0 aromatic rings. The average Bonchev–Trinajstić information content (AvgIpc) is 2.93. The van der Waals surface area contributed by atoms with Gasteiger partial charge in [0.05, 0.1) is 0 Å². The lowest BCUT2D eigenvalue weighted by Crippen LogP contribution is -2.09. The molecule has 4 nitrogen and oxygen atoms in total. The number of nitrogens with two attached hydrogens (primary N) is 1. The fourth-order valence-corrected chi connectivity index (χ4v) is 4.46. The van der Waals surface area contributed by atoms with Crippen molar-refractivity contribution >= 4 is 11.9 Å². The molecule has 3 N–H and O–H groups in total. The fraction of sp³-hybridized carbons (Fsp3) is 0.778. The van der Waals surface area contributed by atoms with Gasteiger partial charge in [0.2, 0.25) is 5.91 Å². The number of unbranched alkanes of at least 4 members (excludes halogenated alkanes) is 19. The summed E-state index contributed by atoms with van der Waals surface area (Å²) in [6.45, 7) is 4.50. The van der Waals surface area contributed by atoms with Gasteiger partial charge < -0.3 is 10.8 Å². The zero-order chi connectivity index (χ0) is 29.8. The Morgan fingerprint density at radius 1 is 0.475 bits per heavy atom. The number of rotatable bonds is 29. The van der Waals surface area contributed by atoms with Gasteiger partial charge in [0, 0.05) is 12.8 Å². The molecule has 0 fully saturated rings. The van der Waals surface area contributed by atoms with Crippen molar-refractivity contribution in [2.24, 2.45) is 5.73 Å². The van der Waals surface area contributed by atoms with E-state index in [4.69, 9.17) is 10.8 Å². The fourth-order valence-electron chi connectivity index (χ4n) is 4.46. The van der Waals surface area contributed by atoms with Crippen molar-refractivity contribution in [3.63, 3.8) is 0 Å².